The van der Waals surface area contributed by atoms with Crippen molar-refractivity contribution in [1.29, 1.82) is 0 Å². The van der Waals surface area contributed by atoms with E-state index in [1.54, 1.807) is 0 Å². The quantitative estimate of drug-likeness (QED) is 0.325. The van der Waals surface area contributed by atoms with Gasteiger partial charge in [-0.05, 0) is 31.4 Å². The molecule has 0 heterocycles. The minimum atomic E-state index is 0. The lowest BCUT2D eigenvalue weighted by atomic mass is 10.2. The molecule has 0 radical (unpaired) electrons. The highest BCUT2D eigenvalue weighted by molar-refractivity contribution is 14.0. The van der Waals surface area contributed by atoms with Crippen molar-refractivity contribution < 1.29 is 4.74 Å². The molecule has 0 aliphatic carbocycles. The SMILES string of the molecule is Cc1ccc(OCCCNC(N)=NCC(C)C)cc1.I. The molecule has 20 heavy (non-hydrogen) atoms. The Balaban J connectivity index is 0.00000361. The van der Waals surface area contributed by atoms with Gasteiger partial charge in [0.05, 0.1) is 6.61 Å². The Bertz CT molecular complexity index is 391. The molecule has 0 atom stereocenters. The maximum absolute atomic E-state index is 5.73. The Morgan fingerprint density at radius 2 is 1.95 bits per heavy atom. The van der Waals surface area contributed by atoms with Gasteiger partial charge in [0.2, 0.25) is 0 Å². The zero-order chi connectivity index (χ0) is 14.1. The van der Waals surface area contributed by atoms with Gasteiger partial charge in [0, 0.05) is 13.1 Å². The van der Waals surface area contributed by atoms with Crippen molar-refractivity contribution in [2.75, 3.05) is 19.7 Å². The number of benzene rings is 1. The van der Waals surface area contributed by atoms with Crippen LogP contribution in [-0.2, 0) is 0 Å². The molecule has 0 aliphatic rings. The second kappa shape index (κ2) is 10.8. The normalized spacial score (nSPS) is 11.1. The number of aliphatic imine (C=N–C) groups is 1. The Hall–Kier alpha value is -0.980. The number of guanidine groups is 1. The maximum atomic E-state index is 5.73. The summed E-state index contributed by atoms with van der Waals surface area (Å²) < 4.78 is 5.62. The van der Waals surface area contributed by atoms with Crippen LogP contribution in [0, 0.1) is 12.8 Å². The summed E-state index contributed by atoms with van der Waals surface area (Å²) in [6, 6.07) is 8.07. The lowest BCUT2D eigenvalue weighted by Crippen LogP contribution is -2.33. The molecule has 0 fully saturated rings. The molecule has 0 saturated carbocycles. The summed E-state index contributed by atoms with van der Waals surface area (Å²) in [5.74, 6) is 1.96. The molecule has 0 saturated heterocycles. The number of nitrogens with one attached hydrogen (secondary N) is 1. The van der Waals surface area contributed by atoms with Gasteiger partial charge in [0.25, 0.3) is 0 Å². The Morgan fingerprint density at radius 1 is 1.30 bits per heavy atom. The van der Waals surface area contributed by atoms with E-state index in [0.29, 0.717) is 18.5 Å². The zero-order valence-electron chi connectivity index (χ0n) is 12.6. The summed E-state index contributed by atoms with van der Waals surface area (Å²) in [6.45, 7) is 8.51. The fourth-order valence-electron chi connectivity index (χ4n) is 1.45. The summed E-state index contributed by atoms with van der Waals surface area (Å²) in [6.07, 6.45) is 0.895. The Labute approximate surface area is 139 Å². The van der Waals surface area contributed by atoms with Crippen LogP contribution >= 0.6 is 24.0 Å². The monoisotopic (exact) mass is 391 g/mol. The molecule has 1 aromatic carbocycles. The highest BCUT2D eigenvalue weighted by atomic mass is 127. The van der Waals surface area contributed by atoms with Crippen molar-refractivity contribution in [3.05, 3.63) is 29.8 Å². The average molecular weight is 391 g/mol. The third-order valence-corrected chi connectivity index (χ3v) is 2.54. The molecule has 0 bridgehead atoms. The van der Waals surface area contributed by atoms with Crippen LogP contribution in [0.4, 0.5) is 0 Å². The third-order valence-electron chi connectivity index (χ3n) is 2.54. The lowest BCUT2D eigenvalue weighted by Gasteiger charge is -2.08. The first kappa shape index (κ1) is 19.0. The molecule has 0 amide bonds. The Morgan fingerprint density at radius 3 is 2.55 bits per heavy atom. The molecule has 0 unspecified atom stereocenters. The maximum Gasteiger partial charge on any atom is 0.188 e. The minimum Gasteiger partial charge on any atom is -0.494 e. The molecule has 114 valence electrons. The minimum absolute atomic E-state index is 0. The van der Waals surface area contributed by atoms with Crippen LogP contribution in [0.1, 0.15) is 25.8 Å². The van der Waals surface area contributed by atoms with Crippen LogP contribution in [-0.4, -0.2) is 25.7 Å². The van der Waals surface area contributed by atoms with E-state index in [0.717, 1.165) is 25.3 Å². The molecule has 1 rings (SSSR count). The highest BCUT2D eigenvalue weighted by Gasteiger charge is 1.95. The van der Waals surface area contributed by atoms with E-state index in [2.05, 4.69) is 31.1 Å². The predicted octanol–water partition coefficient (Wildman–Crippen LogP) is 2.94. The summed E-state index contributed by atoms with van der Waals surface area (Å²) >= 11 is 0. The molecule has 0 aliphatic heterocycles. The molecule has 0 spiro atoms. The van der Waals surface area contributed by atoms with E-state index in [1.165, 1.54) is 5.56 Å². The molecule has 0 aromatic heterocycles. The van der Waals surface area contributed by atoms with E-state index < -0.39 is 0 Å². The summed E-state index contributed by atoms with van der Waals surface area (Å²) in [7, 11) is 0. The number of hydrogen-bond donors (Lipinski definition) is 2. The van der Waals surface area contributed by atoms with Crippen LogP contribution in [0.25, 0.3) is 0 Å². The van der Waals surface area contributed by atoms with E-state index in [4.69, 9.17) is 10.5 Å². The fourth-order valence-corrected chi connectivity index (χ4v) is 1.45. The van der Waals surface area contributed by atoms with E-state index in [9.17, 15) is 0 Å². The number of halogens is 1. The van der Waals surface area contributed by atoms with Crippen molar-refractivity contribution in [1.82, 2.24) is 5.32 Å². The predicted molar refractivity (Wildman–Crippen MR) is 96.0 cm³/mol. The molecule has 3 N–H and O–H groups in total. The van der Waals surface area contributed by atoms with Gasteiger partial charge in [-0.15, -0.1) is 24.0 Å². The first-order valence-corrected chi connectivity index (χ1v) is 6.81. The topological polar surface area (TPSA) is 59.6 Å². The molecule has 5 heteroatoms. The lowest BCUT2D eigenvalue weighted by molar-refractivity contribution is 0.311. The fraction of sp³-hybridized carbons (Fsp3) is 0.533. The van der Waals surface area contributed by atoms with Gasteiger partial charge < -0.3 is 15.8 Å². The van der Waals surface area contributed by atoms with Gasteiger partial charge in [-0.3, -0.25) is 4.99 Å². The number of nitrogens with two attached hydrogens (primary N) is 1. The number of ether oxygens (including phenoxy) is 1. The van der Waals surface area contributed by atoms with Crippen molar-refractivity contribution in [2.24, 2.45) is 16.6 Å². The van der Waals surface area contributed by atoms with Gasteiger partial charge in [0.15, 0.2) is 5.96 Å². The summed E-state index contributed by atoms with van der Waals surface area (Å²) in [5.41, 5.74) is 6.97. The first-order chi connectivity index (χ1) is 9.08. The average Bonchev–Trinajstić information content (AvgIpc) is 2.38. The second-order valence-electron chi connectivity index (χ2n) is 5.06. The third kappa shape index (κ3) is 9.01. The van der Waals surface area contributed by atoms with Crippen molar-refractivity contribution in [2.45, 2.75) is 27.2 Å². The number of hydrogen-bond acceptors (Lipinski definition) is 2. The van der Waals surface area contributed by atoms with Crippen LogP contribution in [0.2, 0.25) is 0 Å². The first-order valence-electron chi connectivity index (χ1n) is 6.81. The largest absolute Gasteiger partial charge is 0.494 e. The van der Waals surface area contributed by atoms with Crippen LogP contribution < -0.4 is 15.8 Å². The van der Waals surface area contributed by atoms with E-state index >= 15 is 0 Å². The van der Waals surface area contributed by atoms with Crippen molar-refractivity contribution >= 4 is 29.9 Å². The summed E-state index contributed by atoms with van der Waals surface area (Å²) in [5, 5.41) is 3.08. The molecular weight excluding hydrogens is 365 g/mol. The van der Waals surface area contributed by atoms with E-state index in [-0.39, 0.29) is 24.0 Å². The number of aryl methyl sites for hydroxylation is 1. The summed E-state index contributed by atoms with van der Waals surface area (Å²) in [4.78, 5) is 4.23. The van der Waals surface area contributed by atoms with Crippen LogP contribution in [0.5, 0.6) is 5.75 Å². The number of rotatable bonds is 7. The van der Waals surface area contributed by atoms with E-state index in [1.807, 2.05) is 24.3 Å². The van der Waals surface area contributed by atoms with Crippen molar-refractivity contribution in [3.8, 4) is 5.75 Å². The van der Waals surface area contributed by atoms with Gasteiger partial charge in [-0.1, -0.05) is 31.5 Å². The standard InChI is InChI=1S/C15H25N3O.HI/c1-12(2)11-18-15(16)17-9-4-10-19-14-7-5-13(3)6-8-14;/h5-8,12H,4,9-11H2,1-3H3,(H3,16,17,18);1H. The molecule has 4 nitrogen and oxygen atoms in total. The Kier molecular flexibility index (Phi) is 10.2. The smallest absolute Gasteiger partial charge is 0.188 e. The van der Waals surface area contributed by atoms with Crippen molar-refractivity contribution in [3.63, 3.8) is 0 Å². The van der Waals surface area contributed by atoms with Gasteiger partial charge in [0.1, 0.15) is 5.75 Å². The van der Waals surface area contributed by atoms with Gasteiger partial charge in [-0.25, -0.2) is 0 Å². The number of nitrogens with zero attached hydrogens (tertiary/aromatic N) is 1. The van der Waals surface area contributed by atoms with Gasteiger partial charge >= 0.3 is 0 Å². The zero-order valence-corrected chi connectivity index (χ0v) is 14.9. The second-order valence-corrected chi connectivity index (χ2v) is 5.06. The van der Waals surface area contributed by atoms with Crippen LogP contribution in [0.15, 0.2) is 29.3 Å². The molecular formula is C15H26IN3O. The van der Waals surface area contributed by atoms with Gasteiger partial charge in [-0.2, -0.15) is 0 Å². The van der Waals surface area contributed by atoms with Crippen LogP contribution in [0.3, 0.4) is 0 Å². The molecule has 1 aromatic rings. The highest BCUT2D eigenvalue weighted by Crippen LogP contribution is 2.11.